The molecule has 1 saturated heterocycles. The minimum atomic E-state index is -1.20. The molecule has 2 unspecified atom stereocenters. The van der Waals surface area contributed by atoms with Crippen LogP contribution in [0.1, 0.15) is 57.9 Å². The SMILES string of the molecule is Cc1ccc(C(=O)N2CCCN(C(=O)CCc3ccccc3)C2C(=O)NC(CC(=O)O)c2cccc(C)c2)cc1. The zero-order chi connectivity index (χ0) is 28.6. The lowest BCUT2D eigenvalue weighted by atomic mass is 10.0. The highest BCUT2D eigenvalue weighted by atomic mass is 16.4. The van der Waals surface area contributed by atoms with Gasteiger partial charge in [0.1, 0.15) is 0 Å². The monoisotopic (exact) mass is 541 g/mol. The van der Waals surface area contributed by atoms with Crippen LogP contribution < -0.4 is 5.32 Å². The normalized spacial score (nSPS) is 15.8. The topological polar surface area (TPSA) is 107 Å². The lowest BCUT2D eigenvalue weighted by Gasteiger charge is -2.43. The van der Waals surface area contributed by atoms with Gasteiger partial charge in [-0.3, -0.25) is 19.2 Å². The third-order valence-electron chi connectivity index (χ3n) is 7.11. The molecule has 3 aromatic carbocycles. The maximum absolute atomic E-state index is 13.9. The number of carbonyl (C=O) groups is 4. The maximum atomic E-state index is 13.9. The first-order chi connectivity index (χ1) is 19.2. The number of aliphatic carboxylic acids is 1. The van der Waals surface area contributed by atoms with Crippen molar-refractivity contribution in [1.29, 1.82) is 0 Å². The molecule has 8 heteroatoms. The predicted molar refractivity (Wildman–Crippen MR) is 151 cm³/mol. The van der Waals surface area contributed by atoms with Gasteiger partial charge in [-0.15, -0.1) is 0 Å². The quantitative estimate of drug-likeness (QED) is 0.421. The highest BCUT2D eigenvalue weighted by molar-refractivity contribution is 5.99. The molecule has 0 radical (unpaired) electrons. The van der Waals surface area contributed by atoms with E-state index in [1.54, 1.807) is 24.3 Å². The third kappa shape index (κ3) is 7.14. The maximum Gasteiger partial charge on any atom is 0.305 e. The predicted octanol–water partition coefficient (Wildman–Crippen LogP) is 4.27. The fraction of sp³-hybridized carbons (Fsp3) is 0.312. The number of rotatable bonds is 9. The van der Waals surface area contributed by atoms with Gasteiger partial charge in [-0.2, -0.15) is 0 Å². The van der Waals surface area contributed by atoms with Crippen LogP contribution in [0, 0.1) is 13.8 Å². The van der Waals surface area contributed by atoms with Gasteiger partial charge in [-0.05, 0) is 49.9 Å². The molecule has 2 atom stereocenters. The lowest BCUT2D eigenvalue weighted by molar-refractivity contribution is -0.150. The average molecular weight is 542 g/mol. The molecule has 8 nitrogen and oxygen atoms in total. The van der Waals surface area contributed by atoms with Crippen molar-refractivity contribution in [2.45, 2.75) is 51.7 Å². The van der Waals surface area contributed by atoms with E-state index in [0.717, 1.165) is 16.7 Å². The van der Waals surface area contributed by atoms with Gasteiger partial charge in [0, 0.05) is 25.1 Å². The molecule has 0 saturated carbocycles. The zero-order valence-corrected chi connectivity index (χ0v) is 22.9. The second kappa shape index (κ2) is 13.1. The van der Waals surface area contributed by atoms with Crippen molar-refractivity contribution in [2.24, 2.45) is 0 Å². The minimum Gasteiger partial charge on any atom is -0.481 e. The smallest absolute Gasteiger partial charge is 0.305 e. The Kier molecular flexibility index (Phi) is 9.32. The average Bonchev–Trinajstić information content (AvgIpc) is 2.95. The molecule has 3 aromatic rings. The van der Waals surface area contributed by atoms with E-state index >= 15 is 0 Å². The Morgan fingerprint density at radius 3 is 2.25 bits per heavy atom. The van der Waals surface area contributed by atoms with Crippen LogP contribution >= 0.6 is 0 Å². The summed E-state index contributed by atoms with van der Waals surface area (Å²) in [7, 11) is 0. The molecule has 0 bridgehead atoms. The summed E-state index contributed by atoms with van der Waals surface area (Å²) in [4.78, 5) is 55.8. The summed E-state index contributed by atoms with van der Waals surface area (Å²) < 4.78 is 0. The number of amides is 3. The van der Waals surface area contributed by atoms with Crippen LogP contribution in [0.2, 0.25) is 0 Å². The van der Waals surface area contributed by atoms with Gasteiger partial charge in [0.15, 0.2) is 6.17 Å². The first kappa shape index (κ1) is 28.5. The summed E-state index contributed by atoms with van der Waals surface area (Å²) in [5.74, 6) is -2.25. The number of benzene rings is 3. The second-order valence-electron chi connectivity index (χ2n) is 10.2. The number of carboxylic acid groups (broad SMARTS) is 1. The lowest BCUT2D eigenvalue weighted by Crippen LogP contribution is -2.63. The third-order valence-corrected chi connectivity index (χ3v) is 7.11. The van der Waals surface area contributed by atoms with E-state index in [2.05, 4.69) is 5.32 Å². The van der Waals surface area contributed by atoms with Gasteiger partial charge in [-0.1, -0.05) is 77.9 Å². The summed E-state index contributed by atoms with van der Waals surface area (Å²) in [6.07, 6.45) is -0.338. The highest BCUT2D eigenvalue weighted by Gasteiger charge is 2.41. The largest absolute Gasteiger partial charge is 0.481 e. The Balaban J connectivity index is 1.64. The molecule has 0 spiro atoms. The van der Waals surface area contributed by atoms with Gasteiger partial charge in [0.25, 0.3) is 11.8 Å². The highest BCUT2D eigenvalue weighted by Crippen LogP contribution is 2.24. The summed E-state index contributed by atoms with van der Waals surface area (Å²) in [5.41, 5.74) is 3.99. The number of aryl methyl sites for hydroxylation is 3. The van der Waals surface area contributed by atoms with E-state index in [0.29, 0.717) is 37.1 Å². The van der Waals surface area contributed by atoms with Crippen LogP contribution in [0.3, 0.4) is 0 Å². The standard InChI is InChI=1S/C32H35N3O5/c1-22-12-15-25(16-13-22)32(40)35-19-7-18-34(28(36)17-14-24-9-4-3-5-10-24)31(35)30(39)33-27(21-29(37)38)26-11-6-8-23(2)20-26/h3-6,8-13,15-16,20,27,31H,7,14,17-19,21H2,1-2H3,(H,33,39)(H,37,38). The first-order valence-electron chi connectivity index (χ1n) is 13.5. The first-order valence-corrected chi connectivity index (χ1v) is 13.5. The van der Waals surface area contributed by atoms with Crippen LogP contribution in [0.15, 0.2) is 78.9 Å². The van der Waals surface area contributed by atoms with Gasteiger partial charge < -0.3 is 20.2 Å². The van der Waals surface area contributed by atoms with Gasteiger partial charge in [0.2, 0.25) is 5.91 Å². The van der Waals surface area contributed by atoms with E-state index in [-0.39, 0.29) is 24.7 Å². The Labute approximate surface area is 234 Å². The van der Waals surface area contributed by atoms with E-state index in [1.807, 2.05) is 68.4 Å². The summed E-state index contributed by atoms with van der Waals surface area (Å²) in [5, 5.41) is 12.4. The molecular weight excluding hydrogens is 506 g/mol. The molecule has 1 fully saturated rings. The van der Waals surface area contributed by atoms with Crippen molar-refractivity contribution >= 4 is 23.7 Å². The molecule has 2 N–H and O–H groups in total. The Bertz CT molecular complexity index is 1360. The van der Waals surface area contributed by atoms with E-state index in [9.17, 15) is 24.3 Å². The Morgan fingerprint density at radius 2 is 1.57 bits per heavy atom. The molecule has 1 heterocycles. The molecule has 1 aliphatic rings. The van der Waals surface area contributed by atoms with Crippen molar-refractivity contribution < 1.29 is 24.3 Å². The van der Waals surface area contributed by atoms with Crippen LogP contribution in [-0.4, -0.2) is 57.9 Å². The number of carbonyl (C=O) groups excluding carboxylic acids is 3. The fourth-order valence-corrected chi connectivity index (χ4v) is 5.04. The van der Waals surface area contributed by atoms with Crippen LogP contribution in [0.25, 0.3) is 0 Å². The van der Waals surface area contributed by atoms with Gasteiger partial charge in [0.05, 0.1) is 12.5 Å². The number of hydrogen-bond acceptors (Lipinski definition) is 4. The number of carboxylic acids is 1. The van der Waals surface area contributed by atoms with Crippen LogP contribution in [0.5, 0.6) is 0 Å². The minimum absolute atomic E-state index is 0.177. The molecular formula is C32H35N3O5. The number of hydrogen-bond donors (Lipinski definition) is 2. The van der Waals surface area contributed by atoms with Crippen molar-refractivity contribution in [3.05, 3.63) is 107 Å². The number of nitrogens with one attached hydrogen (secondary N) is 1. The van der Waals surface area contributed by atoms with Gasteiger partial charge >= 0.3 is 5.97 Å². The summed E-state index contributed by atoms with van der Waals surface area (Å²) in [6, 6.07) is 23.1. The molecule has 208 valence electrons. The van der Waals surface area contributed by atoms with Crippen LogP contribution in [0.4, 0.5) is 0 Å². The Morgan fingerprint density at radius 1 is 0.875 bits per heavy atom. The molecule has 0 aromatic heterocycles. The van der Waals surface area contributed by atoms with Crippen molar-refractivity contribution in [1.82, 2.24) is 15.1 Å². The van der Waals surface area contributed by atoms with E-state index in [4.69, 9.17) is 0 Å². The molecule has 0 aliphatic carbocycles. The zero-order valence-electron chi connectivity index (χ0n) is 22.9. The molecule has 3 amide bonds. The van der Waals surface area contributed by atoms with E-state index < -0.39 is 24.1 Å². The van der Waals surface area contributed by atoms with Crippen molar-refractivity contribution in [2.75, 3.05) is 13.1 Å². The molecule has 40 heavy (non-hydrogen) atoms. The number of nitrogens with zero attached hydrogens (tertiary/aromatic N) is 2. The fourth-order valence-electron chi connectivity index (χ4n) is 5.04. The van der Waals surface area contributed by atoms with E-state index in [1.165, 1.54) is 9.80 Å². The second-order valence-corrected chi connectivity index (χ2v) is 10.2. The van der Waals surface area contributed by atoms with Gasteiger partial charge in [-0.25, -0.2) is 0 Å². The van der Waals surface area contributed by atoms with Crippen molar-refractivity contribution in [3.63, 3.8) is 0 Å². The summed E-state index contributed by atoms with van der Waals surface area (Å²) >= 11 is 0. The van der Waals surface area contributed by atoms with Crippen LogP contribution in [-0.2, 0) is 20.8 Å². The summed E-state index contributed by atoms with van der Waals surface area (Å²) in [6.45, 7) is 4.42. The molecule has 1 aliphatic heterocycles. The molecule has 4 rings (SSSR count). The Hall–Kier alpha value is -4.46. The van der Waals surface area contributed by atoms with Crippen molar-refractivity contribution in [3.8, 4) is 0 Å².